The van der Waals surface area contributed by atoms with Crippen LogP contribution in [0.2, 0.25) is 0 Å². The number of hydrogen-bond donors (Lipinski definition) is 0. The lowest BCUT2D eigenvalue weighted by molar-refractivity contribution is 0.00148. The molecular weight excluding hydrogens is 399 g/mol. The standard InChI is InChI=1S/C23H23FN4O3/c1-27-21(29)12-18(16-8-9-25-13-17(16)24)26-23(27)28-10-11-31-22-15-4-3-5-20(30-2)14(15)6-7-19(22)28/h3-5,8-9,12-13,19,22H,6-7,10-11H2,1-2H3/t19-,22+/m0/s1. The van der Waals surface area contributed by atoms with Gasteiger partial charge in [-0.25, -0.2) is 9.37 Å². The highest BCUT2D eigenvalue weighted by Crippen LogP contribution is 2.42. The summed E-state index contributed by atoms with van der Waals surface area (Å²) in [6.07, 6.45) is 4.15. The molecule has 2 atom stereocenters. The van der Waals surface area contributed by atoms with Gasteiger partial charge in [0.25, 0.3) is 5.56 Å². The van der Waals surface area contributed by atoms with Crippen LogP contribution in [0.25, 0.3) is 11.3 Å². The molecule has 31 heavy (non-hydrogen) atoms. The van der Waals surface area contributed by atoms with Crippen molar-refractivity contribution in [1.29, 1.82) is 0 Å². The monoisotopic (exact) mass is 422 g/mol. The quantitative estimate of drug-likeness (QED) is 0.647. The molecular formula is C23H23FN4O3. The minimum absolute atomic E-state index is 0.0176. The Morgan fingerprint density at radius 2 is 2.16 bits per heavy atom. The third kappa shape index (κ3) is 3.27. The van der Waals surface area contributed by atoms with Gasteiger partial charge in [0.1, 0.15) is 11.9 Å². The number of halogens is 1. The van der Waals surface area contributed by atoms with Crippen LogP contribution < -0.4 is 15.2 Å². The van der Waals surface area contributed by atoms with E-state index < -0.39 is 5.82 Å². The van der Waals surface area contributed by atoms with Gasteiger partial charge in [0, 0.05) is 37.0 Å². The maximum absolute atomic E-state index is 14.3. The molecule has 0 bridgehead atoms. The predicted octanol–water partition coefficient (Wildman–Crippen LogP) is 2.88. The molecule has 1 aliphatic carbocycles. The summed E-state index contributed by atoms with van der Waals surface area (Å²) < 4.78 is 27.6. The summed E-state index contributed by atoms with van der Waals surface area (Å²) in [5, 5.41) is 0. The van der Waals surface area contributed by atoms with Crippen molar-refractivity contribution in [1.82, 2.24) is 14.5 Å². The van der Waals surface area contributed by atoms with E-state index in [9.17, 15) is 9.18 Å². The third-order valence-electron chi connectivity index (χ3n) is 6.18. The molecule has 160 valence electrons. The normalized spacial score (nSPS) is 20.2. The summed E-state index contributed by atoms with van der Waals surface area (Å²) in [5.41, 5.74) is 2.61. The van der Waals surface area contributed by atoms with Crippen LogP contribution in [0, 0.1) is 5.82 Å². The van der Waals surface area contributed by atoms with Gasteiger partial charge < -0.3 is 14.4 Å². The number of pyridine rings is 1. The van der Waals surface area contributed by atoms with Crippen molar-refractivity contribution in [2.24, 2.45) is 7.05 Å². The number of ether oxygens (including phenoxy) is 2. The summed E-state index contributed by atoms with van der Waals surface area (Å²) in [5.74, 6) is 0.883. The first-order valence-electron chi connectivity index (χ1n) is 10.3. The summed E-state index contributed by atoms with van der Waals surface area (Å²) in [4.78, 5) is 23.4. The van der Waals surface area contributed by atoms with E-state index in [1.54, 1.807) is 14.2 Å². The number of anilines is 1. The zero-order valence-corrected chi connectivity index (χ0v) is 17.4. The van der Waals surface area contributed by atoms with Crippen LogP contribution >= 0.6 is 0 Å². The van der Waals surface area contributed by atoms with Gasteiger partial charge >= 0.3 is 0 Å². The molecule has 0 amide bonds. The smallest absolute Gasteiger partial charge is 0.255 e. The molecule has 1 aliphatic heterocycles. The maximum Gasteiger partial charge on any atom is 0.255 e. The van der Waals surface area contributed by atoms with Gasteiger partial charge in [0.2, 0.25) is 5.95 Å². The fourth-order valence-electron chi connectivity index (χ4n) is 4.68. The Labute approximate surface area is 179 Å². The average molecular weight is 422 g/mol. The Kier molecular flexibility index (Phi) is 4.94. The minimum Gasteiger partial charge on any atom is -0.496 e. The van der Waals surface area contributed by atoms with Gasteiger partial charge in [0.05, 0.1) is 31.6 Å². The Bertz CT molecular complexity index is 1200. The fourth-order valence-corrected chi connectivity index (χ4v) is 4.68. The molecule has 0 spiro atoms. The molecule has 8 heteroatoms. The number of hydrogen-bond acceptors (Lipinski definition) is 6. The van der Waals surface area contributed by atoms with Gasteiger partial charge in [0.15, 0.2) is 5.82 Å². The molecule has 2 aliphatic rings. The predicted molar refractivity (Wildman–Crippen MR) is 114 cm³/mol. The van der Waals surface area contributed by atoms with Crippen LogP contribution in [0.15, 0.2) is 47.5 Å². The first-order valence-corrected chi connectivity index (χ1v) is 10.3. The van der Waals surface area contributed by atoms with Crippen molar-refractivity contribution in [3.05, 3.63) is 70.0 Å². The fraction of sp³-hybridized carbons (Fsp3) is 0.348. The lowest BCUT2D eigenvalue weighted by Crippen LogP contribution is -2.51. The van der Waals surface area contributed by atoms with E-state index in [0.29, 0.717) is 24.8 Å². The molecule has 7 nitrogen and oxygen atoms in total. The van der Waals surface area contributed by atoms with Crippen molar-refractivity contribution in [2.75, 3.05) is 25.2 Å². The number of morpholine rings is 1. The number of methoxy groups -OCH3 is 1. The molecule has 0 saturated carbocycles. The molecule has 2 aromatic heterocycles. The second-order valence-electron chi connectivity index (χ2n) is 7.81. The highest BCUT2D eigenvalue weighted by molar-refractivity contribution is 5.60. The lowest BCUT2D eigenvalue weighted by atomic mass is 9.83. The molecule has 0 radical (unpaired) electrons. The van der Waals surface area contributed by atoms with Crippen LogP contribution in [0.1, 0.15) is 23.7 Å². The van der Waals surface area contributed by atoms with E-state index in [0.717, 1.165) is 30.4 Å². The van der Waals surface area contributed by atoms with Crippen LogP contribution in [0.3, 0.4) is 0 Å². The molecule has 1 saturated heterocycles. The number of aromatic nitrogens is 3. The zero-order chi connectivity index (χ0) is 21.5. The first kappa shape index (κ1) is 19.7. The molecule has 5 rings (SSSR count). The minimum atomic E-state index is -0.507. The van der Waals surface area contributed by atoms with E-state index in [-0.39, 0.29) is 23.3 Å². The molecule has 3 aromatic rings. The molecule has 1 fully saturated rings. The van der Waals surface area contributed by atoms with Crippen molar-refractivity contribution in [3.63, 3.8) is 0 Å². The van der Waals surface area contributed by atoms with Gasteiger partial charge in [-0.1, -0.05) is 12.1 Å². The Balaban J connectivity index is 1.58. The number of nitrogens with zero attached hydrogens (tertiary/aromatic N) is 4. The van der Waals surface area contributed by atoms with E-state index in [1.165, 1.54) is 28.5 Å². The van der Waals surface area contributed by atoms with Crippen LogP contribution in [0.4, 0.5) is 10.3 Å². The number of fused-ring (bicyclic) bond motifs is 3. The summed E-state index contributed by atoms with van der Waals surface area (Å²) in [6.45, 7) is 1.10. The van der Waals surface area contributed by atoms with Crippen LogP contribution in [-0.2, 0) is 18.2 Å². The first-order chi connectivity index (χ1) is 15.1. The van der Waals surface area contributed by atoms with E-state index in [4.69, 9.17) is 14.5 Å². The zero-order valence-electron chi connectivity index (χ0n) is 17.4. The maximum atomic E-state index is 14.3. The molecule has 0 unspecified atom stereocenters. The van der Waals surface area contributed by atoms with Gasteiger partial charge in [-0.2, -0.15) is 0 Å². The topological polar surface area (TPSA) is 69.5 Å². The Hall–Kier alpha value is -3.26. The Morgan fingerprint density at radius 1 is 1.29 bits per heavy atom. The van der Waals surface area contributed by atoms with Crippen molar-refractivity contribution in [2.45, 2.75) is 25.0 Å². The molecule has 3 heterocycles. The largest absolute Gasteiger partial charge is 0.496 e. The van der Waals surface area contributed by atoms with E-state index >= 15 is 0 Å². The SMILES string of the molecule is COc1cccc2c1CC[C@H]1[C@@H]2OCCN1c1nc(-c2ccncc2F)cc(=O)n1C. The van der Waals surface area contributed by atoms with Gasteiger partial charge in [-0.3, -0.25) is 14.3 Å². The highest BCUT2D eigenvalue weighted by atomic mass is 19.1. The van der Waals surface area contributed by atoms with E-state index in [1.807, 2.05) is 12.1 Å². The Morgan fingerprint density at radius 3 is 2.97 bits per heavy atom. The summed E-state index contributed by atoms with van der Waals surface area (Å²) in [6, 6.07) is 8.94. The van der Waals surface area contributed by atoms with Crippen molar-refractivity contribution < 1.29 is 13.9 Å². The third-order valence-corrected chi connectivity index (χ3v) is 6.18. The molecule has 0 N–H and O–H groups in total. The van der Waals surface area contributed by atoms with Crippen molar-refractivity contribution in [3.8, 4) is 17.0 Å². The van der Waals surface area contributed by atoms with Gasteiger partial charge in [-0.15, -0.1) is 0 Å². The van der Waals surface area contributed by atoms with Crippen LogP contribution in [0.5, 0.6) is 5.75 Å². The summed E-state index contributed by atoms with van der Waals surface area (Å²) >= 11 is 0. The second-order valence-corrected chi connectivity index (χ2v) is 7.81. The van der Waals surface area contributed by atoms with E-state index in [2.05, 4.69) is 16.0 Å². The van der Waals surface area contributed by atoms with Gasteiger partial charge in [-0.05, 0) is 30.5 Å². The number of rotatable bonds is 3. The van der Waals surface area contributed by atoms with Crippen molar-refractivity contribution >= 4 is 5.95 Å². The summed E-state index contributed by atoms with van der Waals surface area (Å²) in [7, 11) is 3.38. The average Bonchev–Trinajstić information content (AvgIpc) is 2.80. The lowest BCUT2D eigenvalue weighted by Gasteiger charge is -2.45. The second kappa shape index (κ2) is 7.77. The molecule has 1 aromatic carbocycles. The van der Waals surface area contributed by atoms with Crippen LogP contribution in [-0.4, -0.2) is 40.8 Å². The number of benzene rings is 1. The highest BCUT2D eigenvalue weighted by Gasteiger charge is 2.39.